The van der Waals surface area contributed by atoms with Gasteiger partial charge in [-0.15, -0.1) is 0 Å². The summed E-state index contributed by atoms with van der Waals surface area (Å²) in [6.45, 7) is 0. The van der Waals surface area contributed by atoms with Crippen LogP contribution in [-0.2, 0) is 0 Å². The molecule has 2 heterocycles. The van der Waals surface area contributed by atoms with Crippen LogP contribution < -0.4 is 4.74 Å². The highest BCUT2D eigenvalue weighted by atomic mass is 32.2. The van der Waals surface area contributed by atoms with Gasteiger partial charge in [-0.05, 0) is 30.3 Å². The molecule has 0 radical (unpaired) electrons. The Labute approximate surface area is 103 Å². The molecule has 0 spiro atoms. The van der Waals surface area contributed by atoms with Crippen LogP contribution in [0.1, 0.15) is 0 Å². The van der Waals surface area contributed by atoms with Crippen LogP contribution in [0.4, 0.5) is 0 Å². The van der Waals surface area contributed by atoms with E-state index in [4.69, 9.17) is 4.74 Å². The molecule has 0 saturated carbocycles. The van der Waals surface area contributed by atoms with Crippen LogP contribution in [-0.4, -0.2) is 4.98 Å². The number of H-pyrrole nitrogens is 1. The van der Waals surface area contributed by atoms with E-state index >= 15 is 0 Å². The van der Waals surface area contributed by atoms with E-state index in [0.717, 1.165) is 22.4 Å². The van der Waals surface area contributed by atoms with Gasteiger partial charge in [0.15, 0.2) is 5.75 Å². The maximum atomic E-state index is 6.01. The highest BCUT2D eigenvalue weighted by Gasteiger charge is 2.19. The third-order valence-corrected chi connectivity index (χ3v) is 4.03. The number of hydrogen-bond acceptors (Lipinski definition) is 2. The van der Waals surface area contributed by atoms with Gasteiger partial charge in [-0.2, -0.15) is 0 Å². The van der Waals surface area contributed by atoms with Crippen molar-refractivity contribution < 1.29 is 4.74 Å². The van der Waals surface area contributed by atoms with E-state index in [-0.39, 0.29) is 0 Å². The Morgan fingerprint density at radius 2 is 1.88 bits per heavy atom. The molecule has 1 aliphatic heterocycles. The molecule has 3 heteroatoms. The summed E-state index contributed by atoms with van der Waals surface area (Å²) >= 11 is 1.76. The maximum absolute atomic E-state index is 6.01. The molecule has 0 bridgehead atoms. The Morgan fingerprint density at radius 3 is 2.88 bits per heavy atom. The van der Waals surface area contributed by atoms with E-state index in [1.165, 1.54) is 9.79 Å². The SMILES string of the molecule is c1ccc2c(c1)Oc1c(ccc3[nH]ccc13)S2. The summed E-state index contributed by atoms with van der Waals surface area (Å²) < 4.78 is 6.01. The third-order valence-electron chi connectivity index (χ3n) is 2.93. The molecule has 2 aromatic carbocycles. The van der Waals surface area contributed by atoms with Gasteiger partial charge in [-0.25, -0.2) is 0 Å². The number of nitrogens with one attached hydrogen (secondary N) is 1. The number of benzene rings is 2. The first-order valence-electron chi connectivity index (χ1n) is 5.47. The smallest absolute Gasteiger partial charge is 0.150 e. The Kier molecular flexibility index (Phi) is 1.79. The largest absolute Gasteiger partial charge is 0.454 e. The molecule has 17 heavy (non-hydrogen) atoms. The summed E-state index contributed by atoms with van der Waals surface area (Å²) in [6.07, 6.45) is 1.94. The van der Waals surface area contributed by atoms with Gasteiger partial charge < -0.3 is 9.72 Å². The average Bonchev–Trinajstić information content (AvgIpc) is 2.85. The zero-order valence-corrected chi connectivity index (χ0v) is 9.75. The minimum atomic E-state index is 0.943. The van der Waals surface area contributed by atoms with Crippen molar-refractivity contribution >= 4 is 22.7 Å². The van der Waals surface area contributed by atoms with Gasteiger partial charge in [0.05, 0.1) is 9.79 Å². The normalized spacial score (nSPS) is 12.9. The van der Waals surface area contributed by atoms with E-state index in [2.05, 4.69) is 29.2 Å². The van der Waals surface area contributed by atoms with Crippen LogP contribution in [0.2, 0.25) is 0 Å². The highest BCUT2D eigenvalue weighted by molar-refractivity contribution is 7.99. The second-order valence-corrected chi connectivity index (χ2v) is 5.07. The average molecular weight is 239 g/mol. The molecular formula is C14H9NOS. The summed E-state index contributed by atoms with van der Waals surface area (Å²) in [4.78, 5) is 5.56. The highest BCUT2D eigenvalue weighted by Crippen LogP contribution is 2.49. The lowest BCUT2D eigenvalue weighted by molar-refractivity contribution is 0.460. The second kappa shape index (κ2) is 3.31. The van der Waals surface area contributed by atoms with Crippen molar-refractivity contribution in [2.24, 2.45) is 0 Å². The Bertz CT molecular complexity index is 717. The van der Waals surface area contributed by atoms with Gasteiger partial charge in [-0.3, -0.25) is 0 Å². The fourth-order valence-electron chi connectivity index (χ4n) is 2.12. The second-order valence-electron chi connectivity index (χ2n) is 3.98. The molecule has 2 nitrogen and oxygen atoms in total. The lowest BCUT2D eigenvalue weighted by atomic mass is 10.2. The van der Waals surface area contributed by atoms with Crippen LogP contribution in [0.25, 0.3) is 10.9 Å². The van der Waals surface area contributed by atoms with Crippen LogP contribution in [0.15, 0.2) is 58.5 Å². The molecule has 0 saturated heterocycles. The summed E-state index contributed by atoms with van der Waals surface area (Å²) in [7, 11) is 0. The molecule has 1 N–H and O–H groups in total. The van der Waals surface area contributed by atoms with Crippen LogP contribution >= 0.6 is 11.8 Å². The molecule has 4 rings (SSSR count). The third kappa shape index (κ3) is 1.29. The number of rotatable bonds is 0. The first-order valence-corrected chi connectivity index (χ1v) is 6.28. The van der Waals surface area contributed by atoms with E-state index in [1.807, 2.05) is 24.4 Å². The van der Waals surface area contributed by atoms with E-state index in [9.17, 15) is 0 Å². The first kappa shape index (κ1) is 9.19. The Balaban J connectivity index is 1.98. The van der Waals surface area contributed by atoms with Crippen LogP contribution in [0, 0.1) is 0 Å². The van der Waals surface area contributed by atoms with Gasteiger partial charge in [0, 0.05) is 17.1 Å². The van der Waals surface area contributed by atoms with E-state index in [1.54, 1.807) is 11.8 Å². The number of hydrogen-bond donors (Lipinski definition) is 1. The van der Waals surface area contributed by atoms with Crippen LogP contribution in [0.3, 0.4) is 0 Å². The zero-order chi connectivity index (χ0) is 11.2. The fourth-order valence-corrected chi connectivity index (χ4v) is 3.09. The fraction of sp³-hybridized carbons (Fsp3) is 0. The molecular weight excluding hydrogens is 230 g/mol. The van der Waals surface area contributed by atoms with Crippen molar-refractivity contribution in [2.75, 3.05) is 0 Å². The summed E-state index contributed by atoms with van der Waals surface area (Å²) in [5.41, 5.74) is 1.11. The summed E-state index contributed by atoms with van der Waals surface area (Å²) in [5, 5.41) is 1.14. The number of para-hydroxylation sites is 1. The summed E-state index contributed by atoms with van der Waals surface area (Å²) in [5.74, 6) is 1.91. The quantitative estimate of drug-likeness (QED) is 0.491. The maximum Gasteiger partial charge on any atom is 0.150 e. The Hall–Kier alpha value is -1.87. The molecule has 0 amide bonds. The first-order chi connectivity index (χ1) is 8.42. The van der Waals surface area contributed by atoms with Crippen molar-refractivity contribution in [2.45, 2.75) is 9.79 Å². The van der Waals surface area contributed by atoms with Gasteiger partial charge in [0.2, 0.25) is 0 Å². The van der Waals surface area contributed by atoms with Gasteiger partial charge in [0.1, 0.15) is 5.75 Å². The molecule has 0 aliphatic carbocycles. The van der Waals surface area contributed by atoms with Crippen LogP contribution in [0.5, 0.6) is 11.5 Å². The minimum absolute atomic E-state index is 0.943. The number of fused-ring (bicyclic) bond motifs is 4. The minimum Gasteiger partial charge on any atom is -0.454 e. The monoisotopic (exact) mass is 239 g/mol. The standard InChI is InChI=1S/C14H9NOS/c1-2-4-12-11(3-1)16-14-9-7-8-15-10(9)5-6-13(14)17-12/h1-8,15H. The van der Waals surface area contributed by atoms with E-state index < -0.39 is 0 Å². The van der Waals surface area contributed by atoms with Crippen molar-refractivity contribution in [3.63, 3.8) is 0 Å². The summed E-state index contributed by atoms with van der Waals surface area (Å²) in [6, 6.07) is 14.4. The predicted octanol–water partition coefficient (Wildman–Crippen LogP) is 4.42. The zero-order valence-electron chi connectivity index (χ0n) is 8.94. The van der Waals surface area contributed by atoms with Crippen molar-refractivity contribution in [3.05, 3.63) is 48.7 Å². The van der Waals surface area contributed by atoms with Gasteiger partial charge >= 0.3 is 0 Å². The molecule has 1 aromatic heterocycles. The van der Waals surface area contributed by atoms with Crippen molar-refractivity contribution in [3.8, 4) is 11.5 Å². The molecule has 1 aliphatic rings. The predicted molar refractivity (Wildman–Crippen MR) is 68.9 cm³/mol. The molecule has 82 valence electrons. The van der Waals surface area contributed by atoms with Gasteiger partial charge in [0.25, 0.3) is 0 Å². The van der Waals surface area contributed by atoms with E-state index in [0.29, 0.717) is 0 Å². The topological polar surface area (TPSA) is 25.0 Å². The van der Waals surface area contributed by atoms with Crippen molar-refractivity contribution in [1.82, 2.24) is 4.98 Å². The molecule has 0 fully saturated rings. The molecule has 3 aromatic rings. The van der Waals surface area contributed by atoms with Gasteiger partial charge in [-0.1, -0.05) is 23.9 Å². The molecule has 0 unspecified atom stereocenters. The van der Waals surface area contributed by atoms with Crippen molar-refractivity contribution in [1.29, 1.82) is 0 Å². The number of ether oxygens (including phenoxy) is 1. The lowest BCUT2D eigenvalue weighted by Crippen LogP contribution is -1.94. The number of aromatic amines is 1. The lowest BCUT2D eigenvalue weighted by Gasteiger charge is -2.19. The number of aromatic nitrogens is 1. The Morgan fingerprint density at radius 1 is 0.941 bits per heavy atom. The molecule has 0 atom stereocenters.